The van der Waals surface area contributed by atoms with Crippen molar-refractivity contribution >= 4 is 29.2 Å². The standard InChI is InChI=1S/C14H8ClN3O3/c15-10-5-3-9(4-6-10)13-12(8-19)17-7-1-2-11(18(20)21)14(17)16-13/h1-8H. The highest BCUT2D eigenvalue weighted by Crippen LogP contribution is 2.28. The Labute approximate surface area is 123 Å². The minimum Gasteiger partial charge on any atom is -0.296 e. The molecule has 21 heavy (non-hydrogen) atoms. The van der Waals surface area contributed by atoms with Crippen LogP contribution in [0.1, 0.15) is 10.5 Å². The molecule has 2 aromatic heterocycles. The molecule has 0 fully saturated rings. The van der Waals surface area contributed by atoms with E-state index in [0.717, 1.165) is 0 Å². The lowest BCUT2D eigenvalue weighted by molar-refractivity contribution is -0.383. The Bertz CT molecular complexity index is 856. The van der Waals surface area contributed by atoms with Crippen molar-refractivity contribution in [3.63, 3.8) is 0 Å². The van der Waals surface area contributed by atoms with Crippen LogP contribution in [0, 0.1) is 10.1 Å². The van der Waals surface area contributed by atoms with Crippen molar-refractivity contribution in [1.82, 2.24) is 9.38 Å². The van der Waals surface area contributed by atoms with Crippen molar-refractivity contribution < 1.29 is 9.72 Å². The molecule has 104 valence electrons. The highest BCUT2D eigenvalue weighted by molar-refractivity contribution is 6.30. The van der Waals surface area contributed by atoms with Crippen LogP contribution in [-0.2, 0) is 0 Å². The van der Waals surface area contributed by atoms with E-state index in [1.807, 2.05) is 0 Å². The number of benzene rings is 1. The van der Waals surface area contributed by atoms with E-state index < -0.39 is 4.92 Å². The number of aldehydes is 1. The fourth-order valence-electron chi connectivity index (χ4n) is 2.15. The van der Waals surface area contributed by atoms with Crippen LogP contribution < -0.4 is 0 Å². The number of aromatic nitrogens is 2. The molecule has 0 N–H and O–H groups in total. The molecule has 2 heterocycles. The highest BCUT2D eigenvalue weighted by Gasteiger charge is 2.20. The Hall–Kier alpha value is -2.73. The average Bonchev–Trinajstić information content (AvgIpc) is 2.86. The summed E-state index contributed by atoms with van der Waals surface area (Å²) in [5.74, 6) is 0. The lowest BCUT2D eigenvalue weighted by Crippen LogP contribution is -1.95. The maximum Gasteiger partial charge on any atom is 0.312 e. The van der Waals surface area contributed by atoms with Crippen molar-refractivity contribution in [3.8, 4) is 11.3 Å². The van der Waals surface area contributed by atoms with Crippen LogP contribution in [-0.4, -0.2) is 20.6 Å². The normalized spacial score (nSPS) is 10.7. The zero-order valence-electron chi connectivity index (χ0n) is 10.6. The molecular formula is C14H8ClN3O3. The van der Waals surface area contributed by atoms with Gasteiger partial charge in [0.1, 0.15) is 11.4 Å². The number of carbonyl (C=O) groups is 1. The second-order valence-corrected chi connectivity index (χ2v) is 4.75. The minimum atomic E-state index is -0.525. The van der Waals surface area contributed by atoms with Crippen molar-refractivity contribution in [2.24, 2.45) is 0 Å². The summed E-state index contributed by atoms with van der Waals surface area (Å²) in [6.07, 6.45) is 2.20. The Morgan fingerprint density at radius 3 is 2.57 bits per heavy atom. The van der Waals surface area contributed by atoms with Crippen LogP contribution in [0.3, 0.4) is 0 Å². The quantitative estimate of drug-likeness (QED) is 0.422. The van der Waals surface area contributed by atoms with Crippen molar-refractivity contribution in [2.45, 2.75) is 0 Å². The van der Waals surface area contributed by atoms with E-state index in [-0.39, 0.29) is 17.0 Å². The number of nitrogens with zero attached hydrogens (tertiary/aromatic N) is 3. The molecule has 0 saturated heterocycles. The molecule has 3 rings (SSSR count). The predicted octanol–water partition coefficient (Wildman–Crippen LogP) is 3.38. The molecule has 3 aromatic rings. The van der Waals surface area contributed by atoms with Crippen LogP contribution in [0.25, 0.3) is 16.9 Å². The molecular weight excluding hydrogens is 294 g/mol. The Kier molecular flexibility index (Phi) is 3.15. The molecule has 0 bridgehead atoms. The maximum absolute atomic E-state index is 11.4. The van der Waals surface area contributed by atoms with E-state index >= 15 is 0 Å². The summed E-state index contributed by atoms with van der Waals surface area (Å²) >= 11 is 5.83. The average molecular weight is 302 g/mol. The number of fused-ring (bicyclic) bond motifs is 1. The van der Waals surface area contributed by atoms with E-state index in [4.69, 9.17) is 11.6 Å². The second kappa shape index (κ2) is 4.99. The zero-order valence-corrected chi connectivity index (χ0v) is 11.3. The van der Waals surface area contributed by atoms with Gasteiger partial charge in [0.15, 0.2) is 6.29 Å². The van der Waals surface area contributed by atoms with E-state index in [1.54, 1.807) is 30.5 Å². The van der Waals surface area contributed by atoms with Gasteiger partial charge in [0.05, 0.1) is 4.92 Å². The molecule has 0 aliphatic carbocycles. The number of hydrogen-bond donors (Lipinski definition) is 0. The van der Waals surface area contributed by atoms with Gasteiger partial charge in [-0.25, -0.2) is 4.98 Å². The van der Waals surface area contributed by atoms with Gasteiger partial charge in [0.2, 0.25) is 5.65 Å². The molecule has 0 atom stereocenters. The zero-order chi connectivity index (χ0) is 15.0. The number of rotatable bonds is 3. The van der Waals surface area contributed by atoms with Gasteiger partial charge in [-0.1, -0.05) is 23.7 Å². The topological polar surface area (TPSA) is 77.5 Å². The first-order valence-electron chi connectivity index (χ1n) is 5.98. The SMILES string of the molecule is O=Cc1c(-c2ccc(Cl)cc2)nc2c([N+](=O)[O-])cccn12. The smallest absolute Gasteiger partial charge is 0.296 e. The van der Waals surface area contributed by atoms with Gasteiger partial charge in [-0.15, -0.1) is 0 Å². The van der Waals surface area contributed by atoms with Gasteiger partial charge in [-0.2, -0.15) is 0 Å². The Morgan fingerprint density at radius 1 is 1.24 bits per heavy atom. The van der Waals surface area contributed by atoms with Gasteiger partial charge >= 0.3 is 5.69 Å². The van der Waals surface area contributed by atoms with Gasteiger partial charge in [-0.3, -0.25) is 19.3 Å². The largest absolute Gasteiger partial charge is 0.312 e. The Morgan fingerprint density at radius 2 is 1.95 bits per heavy atom. The molecule has 0 unspecified atom stereocenters. The molecule has 0 saturated carbocycles. The van der Waals surface area contributed by atoms with Gasteiger partial charge in [0, 0.05) is 22.8 Å². The van der Waals surface area contributed by atoms with Crippen LogP contribution >= 0.6 is 11.6 Å². The van der Waals surface area contributed by atoms with Crippen LogP contribution in [0.15, 0.2) is 42.6 Å². The van der Waals surface area contributed by atoms with Crippen LogP contribution in [0.5, 0.6) is 0 Å². The maximum atomic E-state index is 11.4. The van der Waals surface area contributed by atoms with Crippen molar-refractivity contribution in [3.05, 3.63) is 63.4 Å². The first kappa shape index (κ1) is 13.3. The van der Waals surface area contributed by atoms with Crippen LogP contribution in [0.2, 0.25) is 5.02 Å². The van der Waals surface area contributed by atoms with Crippen molar-refractivity contribution in [1.29, 1.82) is 0 Å². The molecule has 0 spiro atoms. The molecule has 0 amide bonds. The molecule has 6 nitrogen and oxygen atoms in total. The van der Waals surface area contributed by atoms with Crippen LogP contribution in [0.4, 0.5) is 5.69 Å². The molecule has 1 aromatic carbocycles. The molecule has 0 aliphatic rings. The predicted molar refractivity (Wildman–Crippen MR) is 77.7 cm³/mol. The lowest BCUT2D eigenvalue weighted by atomic mass is 10.1. The van der Waals surface area contributed by atoms with E-state index in [0.29, 0.717) is 22.6 Å². The summed E-state index contributed by atoms with van der Waals surface area (Å²) in [7, 11) is 0. The highest BCUT2D eigenvalue weighted by atomic mass is 35.5. The first-order chi connectivity index (χ1) is 10.1. The Balaban J connectivity index is 2.33. The van der Waals surface area contributed by atoms with Gasteiger partial charge in [-0.05, 0) is 18.2 Å². The fourth-order valence-corrected chi connectivity index (χ4v) is 2.27. The van der Waals surface area contributed by atoms with E-state index in [1.165, 1.54) is 16.5 Å². The lowest BCUT2D eigenvalue weighted by Gasteiger charge is -1.98. The third-order valence-corrected chi connectivity index (χ3v) is 3.34. The third-order valence-electron chi connectivity index (χ3n) is 3.09. The number of nitro groups is 1. The van der Waals surface area contributed by atoms with Gasteiger partial charge in [0.25, 0.3) is 0 Å². The number of hydrogen-bond acceptors (Lipinski definition) is 4. The molecule has 7 heteroatoms. The van der Waals surface area contributed by atoms with Crippen molar-refractivity contribution in [2.75, 3.05) is 0 Å². The first-order valence-corrected chi connectivity index (χ1v) is 6.36. The number of imidazole rings is 1. The van der Waals surface area contributed by atoms with E-state index in [9.17, 15) is 14.9 Å². The second-order valence-electron chi connectivity index (χ2n) is 4.31. The molecule has 0 radical (unpaired) electrons. The summed E-state index contributed by atoms with van der Waals surface area (Å²) in [5.41, 5.74) is 1.29. The third kappa shape index (κ3) is 2.15. The monoisotopic (exact) mass is 301 g/mol. The molecule has 0 aliphatic heterocycles. The summed E-state index contributed by atoms with van der Waals surface area (Å²) in [6.45, 7) is 0. The number of halogens is 1. The number of carbonyl (C=O) groups excluding carboxylic acids is 1. The van der Waals surface area contributed by atoms with Gasteiger partial charge < -0.3 is 0 Å². The minimum absolute atomic E-state index is 0.134. The fraction of sp³-hybridized carbons (Fsp3) is 0. The number of pyridine rings is 1. The van der Waals surface area contributed by atoms with E-state index in [2.05, 4.69) is 4.98 Å². The summed E-state index contributed by atoms with van der Waals surface area (Å²) < 4.78 is 1.41. The summed E-state index contributed by atoms with van der Waals surface area (Å²) in [5, 5.41) is 11.6. The summed E-state index contributed by atoms with van der Waals surface area (Å²) in [6, 6.07) is 9.62. The summed E-state index contributed by atoms with van der Waals surface area (Å²) in [4.78, 5) is 26.1.